The lowest BCUT2D eigenvalue weighted by atomic mass is 10.1. The summed E-state index contributed by atoms with van der Waals surface area (Å²) in [6, 6.07) is 4.71. The van der Waals surface area contributed by atoms with Gasteiger partial charge in [-0.15, -0.1) is 0 Å². The second kappa shape index (κ2) is 5.58. The third-order valence-electron chi connectivity index (χ3n) is 3.24. The quantitative estimate of drug-likeness (QED) is 0.607. The lowest BCUT2D eigenvalue weighted by molar-refractivity contribution is 0.0709. The van der Waals surface area contributed by atoms with Gasteiger partial charge < -0.3 is 4.90 Å². The molecule has 1 aliphatic carbocycles. The molecular weight excluding hydrogens is 233 g/mol. The molecule has 1 fully saturated rings. The summed E-state index contributed by atoms with van der Waals surface area (Å²) in [6.45, 7) is 0.0703. The van der Waals surface area contributed by atoms with Crippen molar-refractivity contribution in [1.29, 1.82) is 5.26 Å². The van der Waals surface area contributed by atoms with Crippen LogP contribution in [0.15, 0.2) is 18.3 Å². The topological polar surface area (TPSA) is 57.0 Å². The van der Waals surface area contributed by atoms with E-state index in [-0.39, 0.29) is 18.5 Å². The number of halogens is 1. The number of carbonyl (C=O) groups excluding carboxylic acids is 1. The van der Waals surface area contributed by atoms with Crippen LogP contribution in [-0.2, 0) is 0 Å². The third-order valence-corrected chi connectivity index (χ3v) is 3.24. The number of rotatable bonds is 3. The van der Waals surface area contributed by atoms with Crippen LogP contribution in [0.2, 0.25) is 0 Å². The number of carbonyl (C=O) groups is 1. The Kier molecular flexibility index (Phi) is 3.88. The Bertz CT molecular complexity index is 460. The maximum atomic E-state index is 12.7. The predicted molar refractivity (Wildman–Crippen MR) is 63.1 cm³/mol. The molecule has 0 radical (unpaired) electrons. The molecule has 2 rings (SSSR count). The number of amides is 1. The molecule has 94 valence electrons. The van der Waals surface area contributed by atoms with Gasteiger partial charge in [0, 0.05) is 12.2 Å². The van der Waals surface area contributed by atoms with E-state index in [0.717, 1.165) is 31.7 Å². The number of hydrogen-bond acceptors (Lipinski definition) is 3. The van der Waals surface area contributed by atoms with Crippen molar-refractivity contribution in [2.45, 2.75) is 31.7 Å². The van der Waals surface area contributed by atoms with Crippen molar-refractivity contribution in [2.75, 3.05) is 6.54 Å². The molecular formula is C13H14FN3O. The van der Waals surface area contributed by atoms with Gasteiger partial charge in [-0.25, -0.2) is 4.98 Å². The van der Waals surface area contributed by atoms with Crippen molar-refractivity contribution in [3.05, 3.63) is 29.8 Å². The van der Waals surface area contributed by atoms with E-state index in [2.05, 4.69) is 4.98 Å². The Morgan fingerprint density at radius 3 is 2.78 bits per heavy atom. The zero-order valence-electron chi connectivity index (χ0n) is 9.97. The molecule has 0 bridgehead atoms. The van der Waals surface area contributed by atoms with Crippen LogP contribution in [0.5, 0.6) is 0 Å². The highest BCUT2D eigenvalue weighted by atomic mass is 19.1. The highest BCUT2D eigenvalue weighted by molar-refractivity contribution is 5.94. The summed E-state index contributed by atoms with van der Waals surface area (Å²) in [5.41, 5.74) is 0.332. The third kappa shape index (κ3) is 2.65. The molecule has 1 saturated carbocycles. The minimum atomic E-state index is -0.612. The van der Waals surface area contributed by atoms with Crippen molar-refractivity contribution in [1.82, 2.24) is 9.88 Å². The first-order valence-electron chi connectivity index (χ1n) is 6.02. The van der Waals surface area contributed by atoms with Gasteiger partial charge in [0.05, 0.1) is 11.6 Å². The number of nitriles is 1. The Morgan fingerprint density at radius 2 is 2.22 bits per heavy atom. The van der Waals surface area contributed by atoms with E-state index in [1.807, 2.05) is 6.07 Å². The first-order chi connectivity index (χ1) is 8.72. The number of pyridine rings is 1. The van der Waals surface area contributed by atoms with Crippen LogP contribution in [0.3, 0.4) is 0 Å². The van der Waals surface area contributed by atoms with Crippen LogP contribution in [-0.4, -0.2) is 28.4 Å². The molecule has 0 aromatic carbocycles. The first kappa shape index (κ1) is 12.5. The number of hydrogen-bond donors (Lipinski definition) is 0. The minimum absolute atomic E-state index is 0.0703. The molecule has 0 atom stereocenters. The van der Waals surface area contributed by atoms with Crippen molar-refractivity contribution < 1.29 is 9.18 Å². The SMILES string of the molecule is N#CCN(C(=O)c1ccc(F)nc1)C1CCCC1. The van der Waals surface area contributed by atoms with Crippen molar-refractivity contribution >= 4 is 5.91 Å². The Morgan fingerprint density at radius 1 is 1.50 bits per heavy atom. The minimum Gasteiger partial charge on any atom is -0.322 e. The normalized spacial score (nSPS) is 15.3. The summed E-state index contributed by atoms with van der Waals surface area (Å²) in [4.78, 5) is 17.3. The fourth-order valence-corrected chi connectivity index (χ4v) is 2.33. The molecule has 5 heteroatoms. The van der Waals surface area contributed by atoms with Crippen LogP contribution in [0.1, 0.15) is 36.0 Å². The molecule has 18 heavy (non-hydrogen) atoms. The van der Waals surface area contributed by atoms with E-state index in [4.69, 9.17) is 5.26 Å². The molecule has 1 aliphatic rings. The number of aromatic nitrogens is 1. The van der Waals surface area contributed by atoms with Crippen molar-refractivity contribution in [2.24, 2.45) is 0 Å². The molecule has 0 spiro atoms. The van der Waals surface area contributed by atoms with Gasteiger partial charge in [-0.1, -0.05) is 12.8 Å². The summed E-state index contributed by atoms with van der Waals surface area (Å²) in [5, 5.41) is 8.82. The van der Waals surface area contributed by atoms with Crippen LogP contribution < -0.4 is 0 Å². The zero-order valence-corrected chi connectivity index (χ0v) is 9.97. The Hall–Kier alpha value is -1.96. The average molecular weight is 247 g/mol. The molecule has 4 nitrogen and oxygen atoms in total. The van der Waals surface area contributed by atoms with E-state index in [1.54, 1.807) is 4.90 Å². The van der Waals surface area contributed by atoms with Gasteiger partial charge in [-0.3, -0.25) is 4.79 Å². The molecule has 1 aromatic rings. The molecule has 1 aromatic heterocycles. The fourth-order valence-electron chi connectivity index (χ4n) is 2.33. The lowest BCUT2D eigenvalue weighted by Crippen LogP contribution is -2.39. The van der Waals surface area contributed by atoms with E-state index >= 15 is 0 Å². The van der Waals surface area contributed by atoms with Crippen molar-refractivity contribution in [3.63, 3.8) is 0 Å². The maximum absolute atomic E-state index is 12.7. The summed E-state index contributed by atoms with van der Waals surface area (Å²) in [5.74, 6) is -0.852. The van der Waals surface area contributed by atoms with E-state index in [9.17, 15) is 9.18 Å². The molecule has 0 aliphatic heterocycles. The smallest absolute Gasteiger partial charge is 0.256 e. The van der Waals surface area contributed by atoms with E-state index in [0.29, 0.717) is 5.56 Å². The lowest BCUT2D eigenvalue weighted by Gasteiger charge is -2.26. The van der Waals surface area contributed by atoms with Gasteiger partial charge in [0.25, 0.3) is 5.91 Å². The fraction of sp³-hybridized carbons (Fsp3) is 0.462. The number of nitrogens with zero attached hydrogens (tertiary/aromatic N) is 3. The second-order valence-electron chi connectivity index (χ2n) is 4.40. The zero-order chi connectivity index (χ0) is 13.0. The highest BCUT2D eigenvalue weighted by Crippen LogP contribution is 2.24. The van der Waals surface area contributed by atoms with Gasteiger partial charge in [-0.2, -0.15) is 9.65 Å². The van der Waals surface area contributed by atoms with E-state index < -0.39 is 5.95 Å². The molecule has 1 amide bonds. The summed E-state index contributed by atoms with van der Waals surface area (Å²) in [6.07, 6.45) is 5.25. The molecule has 0 saturated heterocycles. The monoisotopic (exact) mass is 247 g/mol. The van der Waals surface area contributed by atoms with Crippen LogP contribution in [0.4, 0.5) is 4.39 Å². The molecule has 0 N–H and O–H groups in total. The van der Waals surface area contributed by atoms with Crippen LogP contribution >= 0.6 is 0 Å². The Labute approximate surface area is 105 Å². The molecule has 1 heterocycles. The summed E-state index contributed by atoms with van der Waals surface area (Å²) >= 11 is 0. The maximum Gasteiger partial charge on any atom is 0.256 e. The van der Waals surface area contributed by atoms with E-state index in [1.165, 1.54) is 12.3 Å². The van der Waals surface area contributed by atoms with Gasteiger partial charge in [0.2, 0.25) is 5.95 Å². The van der Waals surface area contributed by atoms with Crippen molar-refractivity contribution in [3.8, 4) is 6.07 Å². The Balaban J connectivity index is 2.17. The van der Waals surface area contributed by atoms with Gasteiger partial charge in [0.1, 0.15) is 6.54 Å². The first-order valence-corrected chi connectivity index (χ1v) is 6.02. The largest absolute Gasteiger partial charge is 0.322 e. The van der Waals surface area contributed by atoms with Gasteiger partial charge >= 0.3 is 0 Å². The average Bonchev–Trinajstić information content (AvgIpc) is 2.90. The standard InChI is InChI=1S/C13H14FN3O/c14-12-6-5-10(9-16-12)13(18)17(8-7-15)11-3-1-2-4-11/h5-6,9,11H,1-4,8H2. The summed E-state index contributed by atoms with van der Waals surface area (Å²) < 4.78 is 12.7. The van der Waals surface area contributed by atoms with Gasteiger partial charge in [0.15, 0.2) is 0 Å². The second-order valence-corrected chi connectivity index (χ2v) is 4.40. The van der Waals surface area contributed by atoms with Gasteiger partial charge in [-0.05, 0) is 25.0 Å². The highest BCUT2D eigenvalue weighted by Gasteiger charge is 2.27. The summed E-state index contributed by atoms with van der Waals surface area (Å²) in [7, 11) is 0. The molecule has 0 unspecified atom stereocenters. The van der Waals surface area contributed by atoms with Crippen LogP contribution in [0, 0.1) is 17.3 Å². The predicted octanol–water partition coefficient (Wildman–Crippen LogP) is 2.13. The van der Waals surface area contributed by atoms with Crippen LogP contribution in [0.25, 0.3) is 0 Å².